The first-order valence-electron chi connectivity index (χ1n) is 4.27. The summed E-state index contributed by atoms with van der Waals surface area (Å²) >= 11 is 0. The fourth-order valence-corrected chi connectivity index (χ4v) is 0.989. The first kappa shape index (κ1) is 10.2. The molecule has 0 radical (unpaired) electrons. The Balaban J connectivity index is 2.68. The minimum Gasteiger partial charge on any atom is -0.494 e. The van der Waals surface area contributed by atoms with Crippen molar-refractivity contribution in [2.75, 3.05) is 6.61 Å². The molecule has 14 heavy (non-hydrogen) atoms. The monoisotopic (exact) mass is 193 g/mol. The summed E-state index contributed by atoms with van der Waals surface area (Å²) in [7, 11) is 0. The third-order valence-electron chi connectivity index (χ3n) is 1.58. The van der Waals surface area contributed by atoms with E-state index in [-0.39, 0.29) is 0 Å². The Labute approximate surface area is 82.0 Å². The standard InChI is InChI=1S/C10H11NO3/c1-2-14-10-5-3-9(4-6-10)7-8-11(12)13/h3-8H,2H2,1H3/b8-7-. The highest BCUT2D eigenvalue weighted by molar-refractivity contribution is 5.49. The van der Waals surface area contributed by atoms with E-state index in [9.17, 15) is 10.1 Å². The zero-order chi connectivity index (χ0) is 10.4. The SMILES string of the molecule is CCOc1ccc(/C=C\[N+](=O)[O-])cc1. The molecule has 1 aromatic rings. The van der Waals surface area contributed by atoms with Gasteiger partial charge in [-0.05, 0) is 24.6 Å². The molecule has 0 spiro atoms. The molecule has 0 bridgehead atoms. The van der Waals surface area contributed by atoms with Gasteiger partial charge in [-0.2, -0.15) is 0 Å². The van der Waals surface area contributed by atoms with Crippen LogP contribution in [-0.4, -0.2) is 11.5 Å². The number of nitrogens with zero attached hydrogens (tertiary/aromatic N) is 1. The average molecular weight is 193 g/mol. The smallest absolute Gasteiger partial charge is 0.235 e. The lowest BCUT2D eigenvalue weighted by atomic mass is 10.2. The van der Waals surface area contributed by atoms with E-state index >= 15 is 0 Å². The van der Waals surface area contributed by atoms with Crippen LogP contribution in [0.15, 0.2) is 30.5 Å². The molecule has 0 fully saturated rings. The van der Waals surface area contributed by atoms with Gasteiger partial charge < -0.3 is 4.74 Å². The Morgan fingerprint density at radius 3 is 2.57 bits per heavy atom. The van der Waals surface area contributed by atoms with Gasteiger partial charge in [0.25, 0.3) is 0 Å². The second kappa shape index (κ2) is 5.01. The number of hydrogen-bond acceptors (Lipinski definition) is 3. The molecule has 0 saturated heterocycles. The molecular weight excluding hydrogens is 182 g/mol. The summed E-state index contributed by atoms with van der Waals surface area (Å²) in [5.74, 6) is 0.769. The van der Waals surface area contributed by atoms with Crippen LogP contribution in [0, 0.1) is 10.1 Å². The van der Waals surface area contributed by atoms with Crippen LogP contribution in [0.5, 0.6) is 5.75 Å². The fourth-order valence-electron chi connectivity index (χ4n) is 0.989. The molecule has 0 saturated carbocycles. The molecule has 0 aromatic heterocycles. The molecular formula is C10H11NO3. The van der Waals surface area contributed by atoms with Gasteiger partial charge in [-0.1, -0.05) is 12.1 Å². The van der Waals surface area contributed by atoms with Crippen LogP contribution < -0.4 is 4.74 Å². The summed E-state index contributed by atoms with van der Waals surface area (Å²) in [5.41, 5.74) is 0.783. The van der Waals surface area contributed by atoms with Gasteiger partial charge in [-0.3, -0.25) is 10.1 Å². The van der Waals surface area contributed by atoms with E-state index in [1.807, 2.05) is 6.92 Å². The maximum Gasteiger partial charge on any atom is 0.235 e. The van der Waals surface area contributed by atoms with Gasteiger partial charge in [0.2, 0.25) is 6.20 Å². The quantitative estimate of drug-likeness (QED) is 0.544. The van der Waals surface area contributed by atoms with Gasteiger partial charge in [0.05, 0.1) is 11.5 Å². The Hall–Kier alpha value is -1.84. The van der Waals surface area contributed by atoms with E-state index in [0.717, 1.165) is 17.5 Å². The van der Waals surface area contributed by atoms with E-state index in [1.54, 1.807) is 24.3 Å². The molecule has 0 atom stereocenters. The van der Waals surface area contributed by atoms with Crippen LogP contribution in [0.1, 0.15) is 12.5 Å². The third kappa shape index (κ3) is 3.26. The summed E-state index contributed by atoms with van der Waals surface area (Å²) in [6.07, 6.45) is 2.35. The second-order valence-electron chi connectivity index (χ2n) is 2.60. The van der Waals surface area contributed by atoms with E-state index in [2.05, 4.69) is 0 Å². The molecule has 0 N–H and O–H groups in total. The molecule has 1 rings (SSSR count). The molecule has 0 aliphatic heterocycles. The van der Waals surface area contributed by atoms with Crippen molar-refractivity contribution < 1.29 is 9.66 Å². The summed E-state index contributed by atoms with van der Waals surface area (Å²) in [6.45, 7) is 2.52. The first-order valence-corrected chi connectivity index (χ1v) is 4.27. The van der Waals surface area contributed by atoms with Crippen molar-refractivity contribution in [1.82, 2.24) is 0 Å². The van der Waals surface area contributed by atoms with E-state index < -0.39 is 4.92 Å². The van der Waals surface area contributed by atoms with Crippen LogP contribution >= 0.6 is 0 Å². The van der Waals surface area contributed by atoms with Crippen molar-refractivity contribution in [2.24, 2.45) is 0 Å². The van der Waals surface area contributed by atoms with Crippen LogP contribution in [0.4, 0.5) is 0 Å². The summed E-state index contributed by atoms with van der Waals surface area (Å²) in [6, 6.07) is 7.10. The lowest BCUT2D eigenvalue weighted by molar-refractivity contribution is -0.400. The minimum atomic E-state index is -0.490. The van der Waals surface area contributed by atoms with Crippen molar-refractivity contribution in [3.63, 3.8) is 0 Å². The molecule has 0 aliphatic rings. The maximum atomic E-state index is 10.0. The van der Waals surface area contributed by atoms with Crippen molar-refractivity contribution in [3.05, 3.63) is 46.1 Å². The number of benzene rings is 1. The summed E-state index contributed by atoms with van der Waals surface area (Å²) in [5, 5.41) is 10.0. The van der Waals surface area contributed by atoms with Crippen LogP contribution in [0.25, 0.3) is 6.08 Å². The van der Waals surface area contributed by atoms with Gasteiger partial charge in [0, 0.05) is 6.08 Å². The molecule has 1 aromatic carbocycles. The zero-order valence-electron chi connectivity index (χ0n) is 7.84. The molecule has 0 heterocycles. The lowest BCUT2D eigenvalue weighted by Gasteiger charge is -2.01. The Bertz CT molecular complexity index is 330. The Morgan fingerprint density at radius 1 is 1.43 bits per heavy atom. The largest absolute Gasteiger partial charge is 0.494 e. The maximum absolute atomic E-state index is 10.0. The predicted octanol–water partition coefficient (Wildman–Crippen LogP) is 2.33. The highest BCUT2D eigenvalue weighted by atomic mass is 16.6. The Morgan fingerprint density at radius 2 is 2.07 bits per heavy atom. The third-order valence-corrected chi connectivity index (χ3v) is 1.58. The number of rotatable bonds is 4. The number of hydrogen-bond donors (Lipinski definition) is 0. The molecule has 0 amide bonds. The average Bonchev–Trinajstić information content (AvgIpc) is 2.17. The van der Waals surface area contributed by atoms with Gasteiger partial charge >= 0.3 is 0 Å². The summed E-state index contributed by atoms with van der Waals surface area (Å²) in [4.78, 5) is 9.55. The normalized spacial score (nSPS) is 10.4. The minimum absolute atomic E-state index is 0.490. The summed E-state index contributed by atoms with van der Waals surface area (Å²) < 4.78 is 5.23. The number of nitro groups is 1. The molecule has 0 unspecified atom stereocenters. The van der Waals surface area contributed by atoms with Crippen molar-refractivity contribution >= 4 is 6.08 Å². The predicted molar refractivity (Wildman–Crippen MR) is 53.6 cm³/mol. The van der Waals surface area contributed by atoms with E-state index in [0.29, 0.717) is 6.61 Å². The highest BCUT2D eigenvalue weighted by Gasteiger charge is 1.92. The van der Waals surface area contributed by atoms with Gasteiger partial charge in [0.15, 0.2) is 0 Å². The molecule has 4 nitrogen and oxygen atoms in total. The highest BCUT2D eigenvalue weighted by Crippen LogP contribution is 2.12. The topological polar surface area (TPSA) is 52.4 Å². The molecule has 4 heteroatoms. The van der Waals surface area contributed by atoms with Gasteiger partial charge in [-0.25, -0.2) is 0 Å². The lowest BCUT2D eigenvalue weighted by Crippen LogP contribution is -1.90. The van der Waals surface area contributed by atoms with Crippen molar-refractivity contribution in [1.29, 1.82) is 0 Å². The van der Waals surface area contributed by atoms with E-state index in [4.69, 9.17) is 4.74 Å². The van der Waals surface area contributed by atoms with Gasteiger partial charge in [-0.15, -0.1) is 0 Å². The van der Waals surface area contributed by atoms with Crippen molar-refractivity contribution in [2.45, 2.75) is 6.92 Å². The van der Waals surface area contributed by atoms with E-state index in [1.165, 1.54) is 6.08 Å². The van der Waals surface area contributed by atoms with Crippen molar-refractivity contribution in [3.8, 4) is 5.75 Å². The fraction of sp³-hybridized carbons (Fsp3) is 0.200. The van der Waals surface area contributed by atoms with Gasteiger partial charge in [0.1, 0.15) is 5.75 Å². The Kier molecular flexibility index (Phi) is 3.67. The molecule has 74 valence electrons. The van der Waals surface area contributed by atoms with Crippen LogP contribution in [0.2, 0.25) is 0 Å². The zero-order valence-corrected chi connectivity index (χ0v) is 7.84. The molecule has 0 aliphatic carbocycles. The first-order chi connectivity index (χ1) is 6.72. The second-order valence-corrected chi connectivity index (χ2v) is 2.60. The van der Waals surface area contributed by atoms with Crippen LogP contribution in [-0.2, 0) is 0 Å². The van der Waals surface area contributed by atoms with Crippen LogP contribution in [0.3, 0.4) is 0 Å². The number of ether oxygens (including phenoxy) is 1.